The summed E-state index contributed by atoms with van der Waals surface area (Å²) < 4.78 is 4.67. The lowest BCUT2D eigenvalue weighted by molar-refractivity contribution is -0.139. The van der Waals surface area contributed by atoms with Crippen molar-refractivity contribution in [2.24, 2.45) is 0 Å². The van der Waals surface area contributed by atoms with Gasteiger partial charge in [0.25, 0.3) is 0 Å². The quantitative estimate of drug-likeness (QED) is 0.624. The molecule has 0 aromatic heterocycles. The van der Waals surface area contributed by atoms with Gasteiger partial charge in [-0.2, -0.15) is 0 Å². The molecule has 0 atom stereocenters. The lowest BCUT2D eigenvalue weighted by Crippen LogP contribution is -2.07. The van der Waals surface area contributed by atoms with Crippen molar-refractivity contribution in [1.29, 1.82) is 0 Å². The summed E-state index contributed by atoms with van der Waals surface area (Å²) in [4.78, 5) is 11.2. The first kappa shape index (κ1) is 12.2. The molecule has 15 heavy (non-hydrogen) atoms. The van der Waals surface area contributed by atoms with E-state index in [0.717, 1.165) is 10.9 Å². The summed E-state index contributed by atoms with van der Waals surface area (Å²) in [5.41, 5.74) is 4.63. The molecule has 0 bridgehead atoms. The largest absolute Gasteiger partial charge is 0.469 e. The molecule has 0 aliphatic heterocycles. The highest BCUT2D eigenvalue weighted by molar-refractivity contribution is 9.08. The smallest absolute Gasteiger partial charge is 0.309 e. The molecule has 82 valence electrons. The maximum Gasteiger partial charge on any atom is 0.309 e. The van der Waals surface area contributed by atoms with Gasteiger partial charge >= 0.3 is 5.97 Å². The van der Waals surface area contributed by atoms with E-state index in [4.69, 9.17) is 0 Å². The zero-order valence-corrected chi connectivity index (χ0v) is 10.8. The predicted molar refractivity (Wildman–Crippen MR) is 64.3 cm³/mol. The van der Waals surface area contributed by atoms with Crippen molar-refractivity contribution in [3.63, 3.8) is 0 Å². The van der Waals surface area contributed by atoms with E-state index >= 15 is 0 Å². The van der Waals surface area contributed by atoms with Crippen LogP contribution in [-0.2, 0) is 21.3 Å². The highest BCUT2D eigenvalue weighted by Crippen LogP contribution is 2.19. The van der Waals surface area contributed by atoms with Crippen LogP contribution in [0.3, 0.4) is 0 Å². The third-order valence-electron chi connectivity index (χ3n) is 2.47. The minimum atomic E-state index is -0.191. The van der Waals surface area contributed by atoms with E-state index in [-0.39, 0.29) is 5.97 Å². The Morgan fingerprint density at radius 3 is 2.47 bits per heavy atom. The van der Waals surface area contributed by atoms with Crippen LogP contribution >= 0.6 is 15.9 Å². The van der Waals surface area contributed by atoms with Gasteiger partial charge in [0.05, 0.1) is 13.5 Å². The van der Waals surface area contributed by atoms with Gasteiger partial charge in [-0.1, -0.05) is 33.6 Å². The van der Waals surface area contributed by atoms with Gasteiger partial charge in [0.1, 0.15) is 0 Å². The van der Waals surface area contributed by atoms with Crippen LogP contribution < -0.4 is 0 Å². The van der Waals surface area contributed by atoms with Gasteiger partial charge in [0.15, 0.2) is 0 Å². The van der Waals surface area contributed by atoms with Crippen molar-refractivity contribution in [3.8, 4) is 0 Å². The van der Waals surface area contributed by atoms with Crippen molar-refractivity contribution < 1.29 is 9.53 Å². The zero-order chi connectivity index (χ0) is 11.4. The topological polar surface area (TPSA) is 26.3 Å². The Morgan fingerprint density at radius 1 is 1.33 bits per heavy atom. The monoisotopic (exact) mass is 270 g/mol. The van der Waals surface area contributed by atoms with Crippen LogP contribution in [0, 0.1) is 13.8 Å². The fourth-order valence-electron chi connectivity index (χ4n) is 1.56. The molecule has 0 fully saturated rings. The molecule has 0 amide bonds. The number of methoxy groups -OCH3 is 1. The molecule has 0 saturated heterocycles. The zero-order valence-electron chi connectivity index (χ0n) is 9.26. The maximum absolute atomic E-state index is 11.2. The van der Waals surface area contributed by atoms with Crippen LogP contribution in [0.25, 0.3) is 0 Å². The average Bonchev–Trinajstić information content (AvgIpc) is 2.22. The lowest BCUT2D eigenvalue weighted by Gasteiger charge is -2.10. The molecule has 0 N–H and O–H groups in total. The summed E-state index contributed by atoms with van der Waals surface area (Å²) in [5.74, 6) is -0.191. The first-order valence-corrected chi connectivity index (χ1v) is 5.92. The molecule has 0 heterocycles. The van der Waals surface area contributed by atoms with Gasteiger partial charge in [-0.25, -0.2) is 0 Å². The summed E-state index contributed by atoms with van der Waals surface area (Å²) in [6.45, 7) is 4.07. The number of rotatable bonds is 3. The summed E-state index contributed by atoms with van der Waals surface area (Å²) in [7, 11) is 1.42. The normalized spacial score (nSPS) is 10.1. The summed E-state index contributed by atoms with van der Waals surface area (Å²) in [6.07, 6.45) is 0.351. The molecule has 0 aliphatic rings. The Balaban J connectivity index is 3.06. The second kappa shape index (κ2) is 5.31. The van der Waals surface area contributed by atoms with Gasteiger partial charge in [-0.3, -0.25) is 4.79 Å². The van der Waals surface area contributed by atoms with E-state index in [1.54, 1.807) is 0 Å². The fraction of sp³-hybridized carbons (Fsp3) is 0.417. The number of benzene rings is 1. The van der Waals surface area contributed by atoms with Crippen molar-refractivity contribution in [2.75, 3.05) is 7.11 Å². The highest BCUT2D eigenvalue weighted by atomic mass is 79.9. The SMILES string of the molecule is COC(=O)Cc1cc(C)cc(CBr)c1C. The first-order chi connectivity index (χ1) is 7.08. The van der Waals surface area contributed by atoms with Crippen molar-refractivity contribution in [3.05, 3.63) is 34.4 Å². The Bertz CT molecular complexity index is 372. The number of ether oxygens (including phenoxy) is 1. The Hall–Kier alpha value is -0.830. The lowest BCUT2D eigenvalue weighted by atomic mass is 9.98. The molecular formula is C12H15BrO2. The minimum absolute atomic E-state index is 0.191. The molecule has 1 rings (SSSR count). The van der Waals surface area contributed by atoms with Gasteiger partial charge in [0.2, 0.25) is 0 Å². The molecule has 0 saturated carbocycles. The van der Waals surface area contributed by atoms with Crippen LogP contribution in [0.15, 0.2) is 12.1 Å². The molecule has 0 aliphatic carbocycles. The third-order valence-corrected chi connectivity index (χ3v) is 3.08. The number of carbonyl (C=O) groups is 1. The van der Waals surface area contributed by atoms with E-state index in [2.05, 4.69) is 26.7 Å². The number of carbonyl (C=O) groups excluding carboxylic acids is 1. The van der Waals surface area contributed by atoms with Crippen molar-refractivity contribution in [2.45, 2.75) is 25.6 Å². The van der Waals surface area contributed by atoms with Crippen LogP contribution in [-0.4, -0.2) is 13.1 Å². The van der Waals surface area contributed by atoms with E-state index < -0.39 is 0 Å². The van der Waals surface area contributed by atoms with Gasteiger partial charge in [-0.15, -0.1) is 0 Å². The standard InChI is InChI=1S/C12H15BrO2/c1-8-4-10(6-12(14)15-3)9(2)11(5-8)7-13/h4-5H,6-7H2,1-3H3. The minimum Gasteiger partial charge on any atom is -0.469 e. The van der Waals surface area contributed by atoms with Gasteiger partial charge in [-0.05, 0) is 30.5 Å². The van der Waals surface area contributed by atoms with Crippen LogP contribution in [0.2, 0.25) is 0 Å². The maximum atomic E-state index is 11.2. The van der Waals surface area contributed by atoms with Crippen molar-refractivity contribution in [1.82, 2.24) is 0 Å². The Kier molecular flexibility index (Phi) is 4.33. The van der Waals surface area contributed by atoms with Crippen LogP contribution in [0.4, 0.5) is 0 Å². The molecule has 2 nitrogen and oxygen atoms in total. The van der Waals surface area contributed by atoms with Gasteiger partial charge in [0, 0.05) is 5.33 Å². The molecule has 0 radical (unpaired) electrons. The summed E-state index contributed by atoms with van der Waals surface area (Å²) >= 11 is 3.44. The van der Waals surface area contributed by atoms with E-state index in [9.17, 15) is 4.79 Å². The third kappa shape index (κ3) is 3.06. The fourth-order valence-corrected chi connectivity index (χ4v) is 2.15. The van der Waals surface area contributed by atoms with E-state index in [1.807, 2.05) is 19.9 Å². The number of hydrogen-bond donors (Lipinski definition) is 0. The molecule has 3 heteroatoms. The average molecular weight is 271 g/mol. The van der Waals surface area contributed by atoms with Crippen LogP contribution in [0.1, 0.15) is 22.3 Å². The van der Waals surface area contributed by atoms with Crippen molar-refractivity contribution >= 4 is 21.9 Å². The van der Waals surface area contributed by atoms with Gasteiger partial charge < -0.3 is 4.74 Å². The van der Waals surface area contributed by atoms with E-state index in [0.29, 0.717) is 6.42 Å². The number of aryl methyl sites for hydroxylation is 1. The Labute approximate surface area is 98.8 Å². The number of halogens is 1. The number of esters is 1. The molecule has 0 spiro atoms. The second-order valence-corrected chi connectivity index (χ2v) is 4.16. The predicted octanol–water partition coefficient (Wildman–Crippen LogP) is 2.91. The number of alkyl halides is 1. The molecular weight excluding hydrogens is 256 g/mol. The molecule has 1 aromatic rings. The molecule has 1 aromatic carbocycles. The highest BCUT2D eigenvalue weighted by Gasteiger charge is 2.09. The second-order valence-electron chi connectivity index (χ2n) is 3.59. The van der Waals surface area contributed by atoms with E-state index in [1.165, 1.54) is 23.8 Å². The number of hydrogen-bond acceptors (Lipinski definition) is 2. The summed E-state index contributed by atoms with van der Waals surface area (Å²) in [5, 5.41) is 0.814. The first-order valence-electron chi connectivity index (χ1n) is 4.80. The molecule has 0 unspecified atom stereocenters. The van der Waals surface area contributed by atoms with Crippen LogP contribution in [0.5, 0.6) is 0 Å². The Morgan fingerprint density at radius 2 is 1.93 bits per heavy atom. The summed E-state index contributed by atoms with van der Waals surface area (Å²) in [6, 6.07) is 4.17.